The molecular formula is C26H25ClF5N3O3. The fraction of sp³-hybridized carbons (Fsp3) is 0.308. The smallest absolute Gasteiger partial charge is 0.433 e. The third-order valence-corrected chi connectivity index (χ3v) is 6.03. The molecule has 0 aliphatic carbocycles. The van der Waals surface area contributed by atoms with Crippen molar-refractivity contribution in [2.24, 2.45) is 0 Å². The van der Waals surface area contributed by atoms with Crippen molar-refractivity contribution in [3.05, 3.63) is 88.2 Å². The average molecular weight is 558 g/mol. The van der Waals surface area contributed by atoms with E-state index in [4.69, 9.17) is 16.3 Å². The number of aromatic nitrogens is 1. The molecule has 0 fully saturated rings. The minimum absolute atomic E-state index is 0.0324. The number of halogens is 6. The Balaban J connectivity index is 1.91. The highest BCUT2D eigenvalue weighted by atomic mass is 35.5. The van der Waals surface area contributed by atoms with E-state index in [2.05, 4.69) is 20.4 Å². The summed E-state index contributed by atoms with van der Waals surface area (Å²) in [5, 5.41) is 6.27. The fourth-order valence-corrected chi connectivity index (χ4v) is 4.06. The summed E-state index contributed by atoms with van der Waals surface area (Å²) in [5.41, 5.74) is 0.637. The van der Waals surface area contributed by atoms with E-state index in [0.717, 1.165) is 12.3 Å². The van der Waals surface area contributed by atoms with E-state index in [1.54, 1.807) is 24.3 Å². The maximum absolute atomic E-state index is 13.1. The van der Waals surface area contributed by atoms with Gasteiger partial charge in [0.2, 0.25) is 5.91 Å². The van der Waals surface area contributed by atoms with Crippen LogP contribution < -0.4 is 20.1 Å². The summed E-state index contributed by atoms with van der Waals surface area (Å²) in [7, 11) is 2.78. The van der Waals surface area contributed by atoms with Crippen LogP contribution in [-0.4, -0.2) is 38.2 Å². The Morgan fingerprint density at radius 1 is 1.00 bits per heavy atom. The number of methoxy groups -OCH3 is 1. The molecule has 12 heteroatoms. The molecule has 6 nitrogen and oxygen atoms in total. The van der Waals surface area contributed by atoms with Crippen molar-refractivity contribution in [3.63, 3.8) is 0 Å². The van der Waals surface area contributed by atoms with Gasteiger partial charge >= 0.3 is 12.8 Å². The quantitative estimate of drug-likeness (QED) is 0.285. The van der Waals surface area contributed by atoms with Gasteiger partial charge in [0.1, 0.15) is 11.7 Å². The van der Waals surface area contributed by atoms with Gasteiger partial charge in [-0.25, -0.2) is 0 Å². The fourth-order valence-electron chi connectivity index (χ4n) is 3.93. The zero-order valence-electron chi connectivity index (χ0n) is 20.4. The maximum Gasteiger partial charge on any atom is 0.433 e. The van der Waals surface area contributed by atoms with Crippen LogP contribution in [-0.2, 0) is 11.0 Å². The number of nitrogens with one attached hydrogen (secondary N) is 2. The first-order valence-corrected chi connectivity index (χ1v) is 11.8. The highest BCUT2D eigenvalue weighted by molar-refractivity contribution is 6.30. The number of rotatable bonds is 11. The molecule has 204 valence electrons. The number of benzene rings is 2. The van der Waals surface area contributed by atoms with Crippen LogP contribution in [0.15, 0.2) is 60.8 Å². The SMILES string of the molecule is CNC(=O)[C@H](NCC[C@@H](c1ccc(C(F)(F)F)nc1)c1ccc(OC(F)F)c(OC)c1)c1ccc(Cl)cc1. The summed E-state index contributed by atoms with van der Waals surface area (Å²) in [4.78, 5) is 16.1. The Labute approximate surface area is 221 Å². The van der Waals surface area contributed by atoms with E-state index in [9.17, 15) is 26.7 Å². The monoisotopic (exact) mass is 557 g/mol. The average Bonchev–Trinajstić information content (AvgIpc) is 2.89. The van der Waals surface area contributed by atoms with Gasteiger partial charge in [0.05, 0.1) is 7.11 Å². The van der Waals surface area contributed by atoms with E-state index in [1.165, 1.54) is 38.4 Å². The molecule has 2 aromatic carbocycles. The van der Waals surface area contributed by atoms with Crippen molar-refractivity contribution in [2.75, 3.05) is 20.7 Å². The van der Waals surface area contributed by atoms with Crippen molar-refractivity contribution in [2.45, 2.75) is 31.2 Å². The van der Waals surface area contributed by atoms with Crippen molar-refractivity contribution in [1.29, 1.82) is 0 Å². The van der Waals surface area contributed by atoms with Gasteiger partial charge in [-0.15, -0.1) is 0 Å². The number of nitrogens with zero attached hydrogens (tertiary/aromatic N) is 1. The van der Waals surface area contributed by atoms with Gasteiger partial charge in [0, 0.05) is 24.2 Å². The number of hydrogen-bond donors (Lipinski definition) is 2. The van der Waals surface area contributed by atoms with Crippen LogP contribution in [0.25, 0.3) is 0 Å². The number of amides is 1. The van der Waals surface area contributed by atoms with E-state index in [0.29, 0.717) is 28.1 Å². The molecule has 1 aromatic heterocycles. The topological polar surface area (TPSA) is 72.5 Å². The van der Waals surface area contributed by atoms with Gasteiger partial charge < -0.3 is 20.1 Å². The Morgan fingerprint density at radius 2 is 1.66 bits per heavy atom. The summed E-state index contributed by atoms with van der Waals surface area (Å²) < 4.78 is 74.4. The standard InChI is InChI=1S/C26H25ClF5N3O3/c1-33-24(36)23(15-3-7-18(27)8-4-15)34-12-11-19(17-6-10-22(35-14-17)26(30,31)32)16-5-9-20(38-25(28)29)21(13-16)37-2/h3-10,13-14,19,23,25,34H,11-12H2,1-2H3,(H,33,36)/t19-,23-/m1/s1. The summed E-state index contributed by atoms with van der Waals surface area (Å²) >= 11 is 5.96. The molecule has 0 aliphatic heterocycles. The summed E-state index contributed by atoms with van der Waals surface area (Å²) in [5.74, 6) is -0.973. The predicted molar refractivity (Wildman–Crippen MR) is 132 cm³/mol. The van der Waals surface area contributed by atoms with Gasteiger partial charge in [0.15, 0.2) is 11.5 Å². The molecule has 0 unspecified atom stereocenters. The van der Waals surface area contributed by atoms with Crippen molar-refractivity contribution < 1.29 is 36.2 Å². The first-order valence-electron chi connectivity index (χ1n) is 11.4. The van der Waals surface area contributed by atoms with Gasteiger partial charge in [-0.3, -0.25) is 9.78 Å². The molecule has 38 heavy (non-hydrogen) atoms. The zero-order chi connectivity index (χ0) is 27.9. The highest BCUT2D eigenvalue weighted by Crippen LogP contribution is 2.36. The lowest BCUT2D eigenvalue weighted by molar-refractivity contribution is -0.141. The second-order valence-electron chi connectivity index (χ2n) is 8.16. The van der Waals surface area contributed by atoms with Crippen LogP contribution in [0, 0.1) is 0 Å². The molecule has 1 amide bonds. The minimum atomic E-state index is -4.60. The van der Waals surface area contributed by atoms with Gasteiger partial charge in [-0.05, 0) is 60.0 Å². The molecule has 0 saturated carbocycles. The lowest BCUT2D eigenvalue weighted by atomic mass is 9.89. The number of carbonyl (C=O) groups is 1. The number of pyridine rings is 1. The Morgan fingerprint density at radius 3 is 2.21 bits per heavy atom. The van der Waals surface area contributed by atoms with Crippen LogP contribution in [0.5, 0.6) is 11.5 Å². The second kappa shape index (κ2) is 12.9. The number of carbonyl (C=O) groups excluding carboxylic acids is 1. The molecule has 3 aromatic rings. The van der Waals surface area contributed by atoms with E-state index in [1.807, 2.05) is 0 Å². The molecule has 2 N–H and O–H groups in total. The molecule has 3 rings (SSSR count). The van der Waals surface area contributed by atoms with Crippen LogP contribution in [0.1, 0.15) is 40.8 Å². The molecule has 0 bridgehead atoms. The van der Waals surface area contributed by atoms with E-state index in [-0.39, 0.29) is 24.0 Å². The molecule has 0 spiro atoms. The van der Waals surface area contributed by atoms with Crippen LogP contribution in [0.2, 0.25) is 5.02 Å². The summed E-state index contributed by atoms with van der Waals surface area (Å²) in [6, 6.07) is 12.5. The Hall–Kier alpha value is -3.44. The van der Waals surface area contributed by atoms with Crippen molar-refractivity contribution in [1.82, 2.24) is 15.6 Å². The van der Waals surface area contributed by atoms with E-state index < -0.39 is 30.4 Å². The molecule has 0 radical (unpaired) electrons. The minimum Gasteiger partial charge on any atom is -0.493 e. The largest absolute Gasteiger partial charge is 0.493 e. The second-order valence-corrected chi connectivity index (χ2v) is 8.59. The molecule has 0 aliphatic rings. The van der Waals surface area contributed by atoms with Gasteiger partial charge in [-0.1, -0.05) is 35.9 Å². The first-order chi connectivity index (χ1) is 18.0. The van der Waals surface area contributed by atoms with E-state index >= 15 is 0 Å². The molecule has 1 heterocycles. The van der Waals surface area contributed by atoms with Crippen LogP contribution in [0.3, 0.4) is 0 Å². The zero-order valence-corrected chi connectivity index (χ0v) is 21.1. The lowest BCUT2D eigenvalue weighted by Crippen LogP contribution is -2.36. The number of alkyl halides is 5. The highest BCUT2D eigenvalue weighted by Gasteiger charge is 2.32. The summed E-state index contributed by atoms with van der Waals surface area (Å²) in [6.45, 7) is -2.81. The lowest BCUT2D eigenvalue weighted by Gasteiger charge is -2.23. The van der Waals surface area contributed by atoms with Crippen LogP contribution >= 0.6 is 11.6 Å². The normalized spacial score (nSPS) is 13.2. The number of likely N-dealkylation sites (N-methyl/N-ethyl adjacent to an activating group) is 1. The Kier molecular flexibility index (Phi) is 9.87. The molecule has 0 saturated heterocycles. The van der Waals surface area contributed by atoms with Gasteiger partial charge in [0.25, 0.3) is 0 Å². The Bertz CT molecular complexity index is 1210. The van der Waals surface area contributed by atoms with Crippen LogP contribution in [0.4, 0.5) is 22.0 Å². The maximum atomic E-state index is 13.1. The van der Waals surface area contributed by atoms with Crippen molar-refractivity contribution in [3.8, 4) is 11.5 Å². The number of hydrogen-bond acceptors (Lipinski definition) is 5. The third kappa shape index (κ3) is 7.55. The summed E-state index contributed by atoms with van der Waals surface area (Å²) in [6.07, 6.45) is -3.17. The van der Waals surface area contributed by atoms with Crippen molar-refractivity contribution >= 4 is 17.5 Å². The molecular weight excluding hydrogens is 533 g/mol. The first kappa shape index (κ1) is 29.1. The van der Waals surface area contributed by atoms with Gasteiger partial charge in [-0.2, -0.15) is 22.0 Å². The molecule has 2 atom stereocenters. The third-order valence-electron chi connectivity index (χ3n) is 5.78. The predicted octanol–water partition coefficient (Wildman–Crippen LogP) is 5.96. The number of ether oxygens (including phenoxy) is 2.